The van der Waals surface area contributed by atoms with Gasteiger partial charge in [-0.15, -0.1) is 0 Å². The van der Waals surface area contributed by atoms with Crippen LogP contribution in [-0.2, 0) is 4.79 Å². The zero-order valence-corrected chi connectivity index (χ0v) is 16.4. The number of carboxylic acids is 1. The minimum absolute atomic E-state index is 0.170. The molecule has 150 valence electrons. The first-order valence-corrected chi connectivity index (χ1v) is 10.4. The highest BCUT2D eigenvalue weighted by atomic mass is 16.4. The molecule has 2 N–H and O–H groups in total. The summed E-state index contributed by atoms with van der Waals surface area (Å²) >= 11 is 0. The Morgan fingerprint density at radius 2 is 1.62 bits per heavy atom. The van der Waals surface area contributed by atoms with E-state index in [1.807, 2.05) is 24.3 Å². The molecule has 1 heterocycles. The highest BCUT2D eigenvalue weighted by molar-refractivity contribution is 5.93. The van der Waals surface area contributed by atoms with Crippen LogP contribution in [0.25, 0.3) is 22.0 Å². The van der Waals surface area contributed by atoms with Crippen LogP contribution in [0.15, 0.2) is 53.3 Å². The Balaban J connectivity index is 1.51. The number of nitrogens with zero attached hydrogens (tertiary/aromatic N) is 1. The maximum atomic E-state index is 12.0. The van der Waals surface area contributed by atoms with Crippen molar-refractivity contribution in [1.29, 1.82) is 0 Å². The van der Waals surface area contributed by atoms with Crippen molar-refractivity contribution in [3.63, 3.8) is 0 Å². The quantitative estimate of drug-likeness (QED) is 0.648. The first-order chi connectivity index (χ1) is 14.1. The molecule has 4 rings (SSSR count). The third kappa shape index (κ3) is 4.39. The van der Waals surface area contributed by atoms with Crippen LogP contribution in [0.2, 0.25) is 0 Å². The van der Waals surface area contributed by atoms with Crippen molar-refractivity contribution in [2.75, 3.05) is 0 Å². The van der Waals surface area contributed by atoms with Crippen molar-refractivity contribution in [3.05, 3.63) is 64.4 Å². The van der Waals surface area contributed by atoms with E-state index in [1.54, 1.807) is 0 Å². The number of carbonyl (C=O) groups is 1. The second-order valence-electron chi connectivity index (χ2n) is 8.09. The molecule has 1 aliphatic rings. The Labute approximate surface area is 169 Å². The normalized spacial score (nSPS) is 20.1. The number of benzene rings is 2. The average Bonchev–Trinajstić information content (AvgIpc) is 2.70. The van der Waals surface area contributed by atoms with E-state index >= 15 is 0 Å². The van der Waals surface area contributed by atoms with E-state index in [1.165, 1.54) is 5.56 Å². The summed E-state index contributed by atoms with van der Waals surface area (Å²) in [6.07, 6.45) is 6.69. The number of hydrogen-bond donors (Lipinski definition) is 2. The molecule has 5 heteroatoms. The molecule has 0 aliphatic heterocycles. The van der Waals surface area contributed by atoms with Crippen LogP contribution in [0.4, 0.5) is 0 Å². The summed E-state index contributed by atoms with van der Waals surface area (Å²) in [5.41, 5.74) is 2.95. The summed E-state index contributed by atoms with van der Waals surface area (Å²) in [4.78, 5) is 23.0. The first-order valence-electron chi connectivity index (χ1n) is 10.4. The number of aromatic nitrogens is 2. The third-order valence-corrected chi connectivity index (χ3v) is 6.14. The summed E-state index contributed by atoms with van der Waals surface area (Å²) in [5, 5.41) is 17.4. The molecule has 0 radical (unpaired) electrons. The van der Waals surface area contributed by atoms with Crippen LogP contribution in [0.1, 0.15) is 56.4 Å². The summed E-state index contributed by atoms with van der Waals surface area (Å²) in [5.74, 6) is 0.177. The molecule has 5 nitrogen and oxygen atoms in total. The molecule has 0 unspecified atom stereocenters. The number of aromatic amines is 1. The number of aliphatic carboxylic acids is 1. The first kappa shape index (κ1) is 19.4. The van der Waals surface area contributed by atoms with Gasteiger partial charge in [0.25, 0.3) is 5.56 Å². The van der Waals surface area contributed by atoms with Crippen LogP contribution < -0.4 is 5.56 Å². The standard InChI is InChI=1S/C24H26N2O3/c27-22(28)15-16-5-3-7-17(8-4-6-16)18-11-13-19(14-12-18)23-20-9-1-2-10-21(20)24(29)26-25-23/h1-2,9-14,16-17H,3-8,15H2,(H,26,29)(H,27,28). The molecule has 0 saturated heterocycles. The number of nitrogens with one attached hydrogen (secondary N) is 1. The molecule has 3 aromatic rings. The van der Waals surface area contributed by atoms with E-state index in [4.69, 9.17) is 5.11 Å². The van der Waals surface area contributed by atoms with E-state index in [2.05, 4.69) is 34.5 Å². The lowest BCUT2D eigenvalue weighted by Gasteiger charge is -2.24. The number of hydrogen-bond acceptors (Lipinski definition) is 3. The van der Waals surface area contributed by atoms with Crippen LogP contribution >= 0.6 is 0 Å². The highest BCUT2D eigenvalue weighted by Gasteiger charge is 2.20. The molecule has 0 spiro atoms. The summed E-state index contributed by atoms with van der Waals surface area (Å²) in [7, 11) is 0. The summed E-state index contributed by atoms with van der Waals surface area (Å²) in [6, 6.07) is 16.1. The molecule has 1 saturated carbocycles. The van der Waals surface area contributed by atoms with Gasteiger partial charge in [-0.2, -0.15) is 5.10 Å². The van der Waals surface area contributed by atoms with Gasteiger partial charge in [0, 0.05) is 17.4 Å². The molecular formula is C24H26N2O3. The van der Waals surface area contributed by atoms with Crippen molar-refractivity contribution < 1.29 is 9.90 Å². The van der Waals surface area contributed by atoms with Gasteiger partial charge < -0.3 is 5.11 Å². The van der Waals surface area contributed by atoms with Gasteiger partial charge in [-0.25, -0.2) is 5.10 Å². The smallest absolute Gasteiger partial charge is 0.303 e. The lowest BCUT2D eigenvalue weighted by Crippen LogP contribution is -2.12. The molecule has 2 aromatic carbocycles. The van der Waals surface area contributed by atoms with Gasteiger partial charge in [0.15, 0.2) is 0 Å². The van der Waals surface area contributed by atoms with Gasteiger partial charge >= 0.3 is 5.97 Å². The Morgan fingerprint density at radius 3 is 2.28 bits per heavy atom. The largest absolute Gasteiger partial charge is 0.481 e. The predicted molar refractivity (Wildman–Crippen MR) is 114 cm³/mol. The lowest BCUT2D eigenvalue weighted by atomic mass is 9.81. The van der Waals surface area contributed by atoms with E-state index in [9.17, 15) is 9.59 Å². The lowest BCUT2D eigenvalue weighted by molar-refractivity contribution is -0.138. The van der Waals surface area contributed by atoms with E-state index in [0.29, 0.717) is 23.6 Å². The SMILES string of the molecule is O=C(O)CC1CCCC(c2ccc(-c3n[nH]c(=O)c4ccccc34)cc2)CCC1. The van der Waals surface area contributed by atoms with E-state index < -0.39 is 5.97 Å². The number of rotatable bonds is 4. The van der Waals surface area contributed by atoms with Crippen molar-refractivity contribution in [3.8, 4) is 11.3 Å². The molecule has 1 aromatic heterocycles. The fraction of sp³-hybridized carbons (Fsp3) is 0.375. The maximum Gasteiger partial charge on any atom is 0.303 e. The van der Waals surface area contributed by atoms with Crippen LogP contribution in [0.5, 0.6) is 0 Å². The number of carboxylic acid groups (broad SMARTS) is 1. The average molecular weight is 390 g/mol. The summed E-state index contributed by atoms with van der Waals surface area (Å²) < 4.78 is 0. The second kappa shape index (κ2) is 8.60. The molecule has 0 amide bonds. The van der Waals surface area contributed by atoms with Crippen molar-refractivity contribution in [2.45, 2.75) is 50.9 Å². The van der Waals surface area contributed by atoms with E-state index in [0.717, 1.165) is 55.2 Å². The molecule has 0 bridgehead atoms. The fourth-order valence-corrected chi connectivity index (χ4v) is 4.63. The van der Waals surface area contributed by atoms with Crippen LogP contribution in [0.3, 0.4) is 0 Å². The number of H-pyrrole nitrogens is 1. The minimum Gasteiger partial charge on any atom is -0.481 e. The topological polar surface area (TPSA) is 83.0 Å². The molecule has 1 aliphatic carbocycles. The van der Waals surface area contributed by atoms with Crippen molar-refractivity contribution >= 4 is 16.7 Å². The monoisotopic (exact) mass is 390 g/mol. The van der Waals surface area contributed by atoms with Crippen LogP contribution in [0, 0.1) is 5.92 Å². The maximum absolute atomic E-state index is 12.0. The minimum atomic E-state index is -0.675. The zero-order chi connectivity index (χ0) is 20.2. The second-order valence-corrected chi connectivity index (χ2v) is 8.09. The highest BCUT2D eigenvalue weighted by Crippen LogP contribution is 2.35. The Morgan fingerprint density at radius 1 is 0.966 bits per heavy atom. The number of fused-ring (bicyclic) bond motifs is 1. The van der Waals surface area contributed by atoms with Gasteiger partial charge in [-0.05, 0) is 49.1 Å². The molecule has 0 atom stereocenters. The van der Waals surface area contributed by atoms with Crippen molar-refractivity contribution in [2.24, 2.45) is 5.92 Å². The van der Waals surface area contributed by atoms with Gasteiger partial charge in [0.1, 0.15) is 0 Å². The Hall–Kier alpha value is -2.95. The van der Waals surface area contributed by atoms with Crippen molar-refractivity contribution in [1.82, 2.24) is 10.2 Å². The third-order valence-electron chi connectivity index (χ3n) is 6.14. The van der Waals surface area contributed by atoms with Gasteiger partial charge in [0.05, 0.1) is 11.1 Å². The Bertz CT molecular complexity index is 1050. The van der Waals surface area contributed by atoms with Gasteiger partial charge in [-0.3, -0.25) is 9.59 Å². The zero-order valence-electron chi connectivity index (χ0n) is 16.4. The predicted octanol–water partition coefficient (Wildman–Crippen LogP) is 5.12. The summed E-state index contributed by atoms with van der Waals surface area (Å²) in [6.45, 7) is 0. The van der Waals surface area contributed by atoms with Gasteiger partial charge in [-0.1, -0.05) is 55.3 Å². The molecule has 29 heavy (non-hydrogen) atoms. The Kier molecular flexibility index (Phi) is 5.74. The molecule has 1 fully saturated rings. The molecular weight excluding hydrogens is 364 g/mol. The van der Waals surface area contributed by atoms with Crippen LogP contribution in [-0.4, -0.2) is 21.3 Å². The fourth-order valence-electron chi connectivity index (χ4n) is 4.63. The van der Waals surface area contributed by atoms with E-state index in [-0.39, 0.29) is 5.56 Å². The van der Waals surface area contributed by atoms with Gasteiger partial charge in [0.2, 0.25) is 0 Å².